The van der Waals surface area contributed by atoms with Crippen molar-refractivity contribution in [2.45, 2.75) is 77.0 Å². The number of ether oxygens (including phenoxy) is 1. The van der Waals surface area contributed by atoms with Crippen molar-refractivity contribution in [1.82, 2.24) is 5.32 Å². The molecule has 0 bridgehead atoms. The summed E-state index contributed by atoms with van der Waals surface area (Å²) in [5.74, 6) is 0.951. The summed E-state index contributed by atoms with van der Waals surface area (Å²) in [7, 11) is 0. The highest BCUT2D eigenvalue weighted by Crippen LogP contribution is 2.31. The summed E-state index contributed by atoms with van der Waals surface area (Å²) in [5, 5.41) is 3.88. The number of rotatable bonds is 3. The molecule has 1 aliphatic carbocycles. The van der Waals surface area contributed by atoms with Crippen molar-refractivity contribution in [3.05, 3.63) is 0 Å². The van der Waals surface area contributed by atoms with Gasteiger partial charge in [0.1, 0.15) is 0 Å². The summed E-state index contributed by atoms with van der Waals surface area (Å²) in [6.07, 6.45) is 8.47. The first-order chi connectivity index (χ1) is 7.64. The van der Waals surface area contributed by atoms with Gasteiger partial charge in [-0.2, -0.15) is 0 Å². The molecule has 1 aliphatic heterocycles. The highest BCUT2D eigenvalue weighted by Gasteiger charge is 2.39. The van der Waals surface area contributed by atoms with E-state index in [9.17, 15) is 0 Å². The zero-order valence-electron chi connectivity index (χ0n) is 11.1. The van der Waals surface area contributed by atoms with Crippen LogP contribution < -0.4 is 5.32 Å². The summed E-state index contributed by atoms with van der Waals surface area (Å²) < 4.78 is 5.70. The van der Waals surface area contributed by atoms with Gasteiger partial charge in [-0.3, -0.25) is 0 Å². The molecule has 2 fully saturated rings. The molecular formula is C14H27NO. The van der Waals surface area contributed by atoms with Crippen molar-refractivity contribution in [3.8, 4) is 0 Å². The molecule has 2 heteroatoms. The maximum absolute atomic E-state index is 5.70. The quantitative estimate of drug-likeness (QED) is 0.797. The third-order valence-corrected chi connectivity index (χ3v) is 4.78. The Kier molecular flexibility index (Phi) is 3.91. The van der Waals surface area contributed by atoms with E-state index in [1.165, 1.54) is 38.5 Å². The largest absolute Gasteiger partial charge is 0.377 e. The van der Waals surface area contributed by atoms with Crippen molar-refractivity contribution >= 4 is 0 Å². The predicted molar refractivity (Wildman–Crippen MR) is 67.6 cm³/mol. The van der Waals surface area contributed by atoms with Crippen LogP contribution in [0.5, 0.6) is 0 Å². The Labute approximate surface area is 100 Å². The van der Waals surface area contributed by atoms with Crippen LogP contribution in [0.1, 0.15) is 59.3 Å². The third-order valence-electron chi connectivity index (χ3n) is 4.78. The zero-order chi connectivity index (χ0) is 11.6. The van der Waals surface area contributed by atoms with Gasteiger partial charge in [0.2, 0.25) is 0 Å². The molecule has 4 atom stereocenters. The first kappa shape index (κ1) is 12.4. The predicted octanol–water partition coefficient (Wildman–Crippen LogP) is 3.11. The fourth-order valence-electron chi connectivity index (χ4n) is 3.28. The van der Waals surface area contributed by atoms with Crippen molar-refractivity contribution in [2.75, 3.05) is 6.61 Å². The Morgan fingerprint density at radius 2 is 2.19 bits per heavy atom. The molecule has 2 rings (SSSR count). The lowest BCUT2D eigenvalue weighted by molar-refractivity contribution is 0.0792. The van der Waals surface area contributed by atoms with Crippen LogP contribution in [0.3, 0.4) is 0 Å². The van der Waals surface area contributed by atoms with Crippen molar-refractivity contribution in [3.63, 3.8) is 0 Å². The molecule has 2 aliphatic rings. The van der Waals surface area contributed by atoms with E-state index in [1.807, 2.05) is 0 Å². The minimum atomic E-state index is 0.223. The monoisotopic (exact) mass is 225 g/mol. The van der Waals surface area contributed by atoms with Crippen molar-refractivity contribution < 1.29 is 4.74 Å². The molecule has 0 amide bonds. The minimum absolute atomic E-state index is 0.223. The normalized spacial score (nSPS) is 44.8. The minimum Gasteiger partial charge on any atom is -0.377 e. The molecule has 0 aromatic rings. The smallest absolute Gasteiger partial charge is 0.0726 e. The standard InChI is InChI=1S/C14H27NO/c1-4-12-6-5-7-13(10-12)15-14(3)8-9-16-11(14)2/h11-13,15H,4-10H2,1-3H3. The first-order valence-electron chi connectivity index (χ1n) is 7.03. The second kappa shape index (κ2) is 5.05. The Balaban J connectivity index is 1.88. The van der Waals surface area contributed by atoms with Gasteiger partial charge in [-0.15, -0.1) is 0 Å². The molecule has 4 unspecified atom stereocenters. The Morgan fingerprint density at radius 1 is 1.38 bits per heavy atom. The molecule has 1 heterocycles. The van der Waals surface area contributed by atoms with Gasteiger partial charge in [0.15, 0.2) is 0 Å². The van der Waals surface area contributed by atoms with E-state index < -0.39 is 0 Å². The molecule has 0 aromatic carbocycles. The summed E-state index contributed by atoms with van der Waals surface area (Å²) in [5.41, 5.74) is 0.223. The lowest BCUT2D eigenvalue weighted by Crippen LogP contribution is -2.53. The molecule has 0 radical (unpaired) electrons. The SMILES string of the molecule is CCC1CCCC(NC2(C)CCOC2C)C1. The second-order valence-corrected chi connectivity index (χ2v) is 5.96. The summed E-state index contributed by atoms with van der Waals surface area (Å²) in [6, 6.07) is 0.729. The number of hydrogen-bond acceptors (Lipinski definition) is 2. The number of nitrogens with one attached hydrogen (secondary N) is 1. The summed E-state index contributed by atoms with van der Waals surface area (Å²) >= 11 is 0. The molecule has 94 valence electrons. The zero-order valence-corrected chi connectivity index (χ0v) is 11.1. The molecular weight excluding hydrogens is 198 g/mol. The van der Waals surface area contributed by atoms with Gasteiger partial charge in [0.25, 0.3) is 0 Å². The van der Waals surface area contributed by atoms with Crippen molar-refractivity contribution in [1.29, 1.82) is 0 Å². The fraction of sp³-hybridized carbons (Fsp3) is 1.00. The Hall–Kier alpha value is -0.0800. The lowest BCUT2D eigenvalue weighted by Gasteiger charge is -2.38. The van der Waals surface area contributed by atoms with E-state index in [1.54, 1.807) is 0 Å². The Morgan fingerprint density at radius 3 is 2.81 bits per heavy atom. The molecule has 1 saturated heterocycles. The number of hydrogen-bond donors (Lipinski definition) is 1. The van der Waals surface area contributed by atoms with E-state index >= 15 is 0 Å². The fourth-order valence-corrected chi connectivity index (χ4v) is 3.28. The molecule has 16 heavy (non-hydrogen) atoms. The molecule has 1 N–H and O–H groups in total. The summed E-state index contributed by atoms with van der Waals surface area (Å²) in [6.45, 7) is 7.80. The first-order valence-corrected chi connectivity index (χ1v) is 7.03. The van der Waals surface area contributed by atoms with Gasteiger partial charge in [0.05, 0.1) is 6.10 Å². The van der Waals surface area contributed by atoms with E-state index in [2.05, 4.69) is 26.1 Å². The van der Waals surface area contributed by atoms with E-state index in [-0.39, 0.29) is 5.54 Å². The second-order valence-electron chi connectivity index (χ2n) is 5.96. The van der Waals surface area contributed by atoms with Crippen LogP contribution >= 0.6 is 0 Å². The third kappa shape index (κ3) is 2.60. The van der Waals surface area contributed by atoms with E-state index in [4.69, 9.17) is 4.74 Å². The van der Waals surface area contributed by atoms with Gasteiger partial charge in [-0.25, -0.2) is 0 Å². The van der Waals surface area contributed by atoms with Crippen LogP contribution in [0, 0.1) is 5.92 Å². The van der Waals surface area contributed by atoms with Crippen LogP contribution in [0.15, 0.2) is 0 Å². The van der Waals surface area contributed by atoms with E-state index in [0.717, 1.165) is 18.6 Å². The maximum atomic E-state index is 5.70. The van der Waals surface area contributed by atoms with Gasteiger partial charge >= 0.3 is 0 Å². The molecule has 0 spiro atoms. The van der Waals surface area contributed by atoms with Crippen LogP contribution in [0.2, 0.25) is 0 Å². The Bertz CT molecular complexity index is 231. The topological polar surface area (TPSA) is 21.3 Å². The maximum Gasteiger partial charge on any atom is 0.0726 e. The van der Waals surface area contributed by atoms with Crippen LogP contribution in [-0.2, 0) is 4.74 Å². The average molecular weight is 225 g/mol. The van der Waals surface area contributed by atoms with Gasteiger partial charge in [-0.05, 0) is 39.0 Å². The average Bonchev–Trinajstić information content (AvgIpc) is 2.59. The highest BCUT2D eigenvalue weighted by atomic mass is 16.5. The van der Waals surface area contributed by atoms with Gasteiger partial charge in [0, 0.05) is 18.2 Å². The van der Waals surface area contributed by atoms with E-state index in [0.29, 0.717) is 6.10 Å². The molecule has 2 nitrogen and oxygen atoms in total. The van der Waals surface area contributed by atoms with Gasteiger partial charge in [-0.1, -0.05) is 26.2 Å². The van der Waals surface area contributed by atoms with Crippen LogP contribution in [0.4, 0.5) is 0 Å². The summed E-state index contributed by atoms with van der Waals surface area (Å²) in [4.78, 5) is 0. The molecule has 1 saturated carbocycles. The van der Waals surface area contributed by atoms with Crippen LogP contribution in [0.25, 0.3) is 0 Å². The lowest BCUT2D eigenvalue weighted by atomic mass is 9.82. The van der Waals surface area contributed by atoms with Crippen LogP contribution in [-0.4, -0.2) is 24.3 Å². The van der Waals surface area contributed by atoms with Gasteiger partial charge < -0.3 is 10.1 Å². The molecule has 0 aromatic heterocycles. The highest BCUT2D eigenvalue weighted by molar-refractivity contribution is 4.96. The van der Waals surface area contributed by atoms with Crippen molar-refractivity contribution in [2.24, 2.45) is 5.92 Å².